The Balaban J connectivity index is 1.74. The van der Waals surface area contributed by atoms with E-state index in [1.807, 2.05) is 6.07 Å². The Labute approximate surface area is 110 Å². The predicted octanol–water partition coefficient (Wildman–Crippen LogP) is 3.16. The van der Waals surface area contributed by atoms with E-state index in [2.05, 4.69) is 0 Å². The molecule has 0 saturated heterocycles. The van der Waals surface area contributed by atoms with E-state index < -0.39 is 0 Å². The van der Waals surface area contributed by atoms with Crippen LogP contribution in [0.2, 0.25) is 0 Å². The van der Waals surface area contributed by atoms with Crippen molar-refractivity contribution in [3.63, 3.8) is 0 Å². The molecule has 96 valence electrons. The second kappa shape index (κ2) is 6.41. The van der Waals surface area contributed by atoms with Crippen molar-refractivity contribution in [1.29, 1.82) is 5.26 Å². The quantitative estimate of drug-likeness (QED) is 0.773. The summed E-state index contributed by atoms with van der Waals surface area (Å²) >= 11 is 0. The van der Waals surface area contributed by atoms with Crippen molar-refractivity contribution in [2.75, 3.05) is 13.2 Å². The van der Waals surface area contributed by atoms with Crippen molar-refractivity contribution in [3.8, 4) is 17.6 Å². The zero-order chi connectivity index (χ0) is 13.5. The van der Waals surface area contributed by atoms with Gasteiger partial charge in [0.25, 0.3) is 0 Å². The Kier molecular flexibility index (Phi) is 4.35. The summed E-state index contributed by atoms with van der Waals surface area (Å²) in [6.07, 6.45) is 0. The monoisotopic (exact) mass is 257 g/mol. The first-order valence-corrected chi connectivity index (χ1v) is 5.79. The molecule has 0 aliphatic heterocycles. The number of hydrogen-bond acceptors (Lipinski definition) is 3. The van der Waals surface area contributed by atoms with Crippen LogP contribution in [0.5, 0.6) is 11.5 Å². The molecule has 0 aromatic heterocycles. The van der Waals surface area contributed by atoms with Crippen LogP contribution in [0.25, 0.3) is 0 Å². The van der Waals surface area contributed by atoms with Crippen LogP contribution in [0, 0.1) is 17.1 Å². The van der Waals surface area contributed by atoms with Gasteiger partial charge in [-0.3, -0.25) is 0 Å². The molecule has 0 heterocycles. The average Bonchev–Trinajstić information content (AvgIpc) is 2.46. The molecule has 2 rings (SSSR count). The molecular weight excluding hydrogens is 245 g/mol. The van der Waals surface area contributed by atoms with Crippen molar-refractivity contribution >= 4 is 0 Å². The number of hydrogen-bond donors (Lipinski definition) is 0. The third-order valence-corrected chi connectivity index (χ3v) is 2.42. The summed E-state index contributed by atoms with van der Waals surface area (Å²) in [6.45, 7) is 0.745. The molecule has 0 spiro atoms. The van der Waals surface area contributed by atoms with Crippen LogP contribution < -0.4 is 9.47 Å². The van der Waals surface area contributed by atoms with Crippen molar-refractivity contribution in [3.05, 3.63) is 59.9 Å². The first-order chi connectivity index (χ1) is 9.28. The minimum atomic E-state index is -0.291. The highest BCUT2D eigenvalue weighted by atomic mass is 19.1. The lowest BCUT2D eigenvalue weighted by Crippen LogP contribution is -2.08. The van der Waals surface area contributed by atoms with Gasteiger partial charge in [0.2, 0.25) is 0 Å². The van der Waals surface area contributed by atoms with Gasteiger partial charge in [0.05, 0.1) is 11.6 Å². The van der Waals surface area contributed by atoms with Gasteiger partial charge in [0.1, 0.15) is 30.5 Å². The molecule has 0 amide bonds. The first kappa shape index (κ1) is 12.9. The highest BCUT2D eigenvalue weighted by molar-refractivity contribution is 5.34. The topological polar surface area (TPSA) is 42.2 Å². The van der Waals surface area contributed by atoms with E-state index in [1.165, 1.54) is 12.1 Å². The normalized spacial score (nSPS) is 9.68. The molecular formula is C15H12FNO2. The number of halogens is 1. The Morgan fingerprint density at radius 2 is 1.32 bits per heavy atom. The molecule has 0 radical (unpaired) electrons. The summed E-state index contributed by atoms with van der Waals surface area (Å²) in [5, 5.41) is 8.65. The number of rotatable bonds is 5. The van der Waals surface area contributed by atoms with Crippen molar-refractivity contribution in [2.24, 2.45) is 0 Å². The lowest BCUT2D eigenvalue weighted by atomic mass is 10.2. The van der Waals surface area contributed by atoms with E-state index >= 15 is 0 Å². The van der Waals surface area contributed by atoms with Crippen LogP contribution in [-0.4, -0.2) is 13.2 Å². The molecule has 0 aliphatic rings. The largest absolute Gasteiger partial charge is 0.490 e. The minimum Gasteiger partial charge on any atom is -0.490 e. The fourth-order valence-corrected chi connectivity index (χ4v) is 1.48. The highest BCUT2D eigenvalue weighted by Gasteiger charge is 1.97. The number of benzene rings is 2. The van der Waals surface area contributed by atoms with Crippen LogP contribution >= 0.6 is 0 Å². The third-order valence-electron chi connectivity index (χ3n) is 2.42. The molecule has 0 saturated carbocycles. The Bertz CT molecular complexity index is 558. The van der Waals surface area contributed by atoms with Crippen molar-refractivity contribution in [1.82, 2.24) is 0 Å². The molecule has 0 atom stereocenters. The third kappa shape index (κ3) is 4.00. The van der Waals surface area contributed by atoms with Gasteiger partial charge < -0.3 is 9.47 Å². The maximum absolute atomic E-state index is 12.7. The van der Waals surface area contributed by atoms with Crippen molar-refractivity contribution < 1.29 is 13.9 Å². The van der Waals surface area contributed by atoms with Crippen LogP contribution in [0.4, 0.5) is 4.39 Å². The molecule has 0 fully saturated rings. The van der Waals surface area contributed by atoms with Gasteiger partial charge in [0.15, 0.2) is 0 Å². The van der Waals surface area contributed by atoms with Crippen LogP contribution in [0.1, 0.15) is 5.56 Å². The van der Waals surface area contributed by atoms with Gasteiger partial charge in [-0.1, -0.05) is 0 Å². The van der Waals surface area contributed by atoms with Gasteiger partial charge in [-0.2, -0.15) is 5.26 Å². The number of nitriles is 1. The molecule has 0 N–H and O–H groups in total. The number of nitrogens with zero attached hydrogens (tertiary/aromatic N) is 1. The maximum atomic E-state index is 12.7. The first-order valence-electron chi connectivity index (χ1n) is 5.79. The summed E-state index contributed by atoms with van der Waals surface area (Å²) in [5.74, 6) is 0.993. The van der Waals surface area contributed by atoms with E-state index in [0.717, 1.165) is 0 Å². The molecule has 0 unspecified atom stereocenters. The van der Waals surface area contributed by atoms with Gasteiger partial charge in [-0.05, 0) is 48.5 Å². The lowest BCUT2D eigenvalue weighted by Gasteiger charge is -2.08. The molecule has 4 heteroatoms. The van der Waals surface area contributed by atoms with E-state index in [0.29, 0.717) is 30.3 Å². The van der Waals surface area contributed by atoms with Crippen molar-refractivity contribution in [2.45, 2.75) is 0 Å². The Morgan fingerprint density at radius 3 is 1.79 bits per heavy atom. The van der Waals surface area contributed by atoms with E-state index in [-0.39, 0.29) is 5.82 Å². The standard InChI is InChI=1S/C15H12FNO2/c16-13-3-7-15(8-4-13)19-10-9-18-14-5-1-12(11-17)2-6-14/h1-8H,9-10H2. The lowest BCUT2D eigenvalue weighted by molar-refractivity contribution is 0.217. The van der Waals surface area contributed by atoms with E-state index in [9.17, 15) is 4.39 Å². The zero-order valence-electron chi connectivity index (χ0n) is 10.2. The smallest absolute Gasteiger partial charge is 0.123 e. The summed E-state index contributed by atoms with van der Waals surface area (Å²) in [4.78, 5) is 0. The molecule has 0 aliphatic carbocycles. The second-order valence-corrected chi connectivity index (χ2v) is 3.79. The molecule has 3 nitrogen and oxygen atoms in total. The SMILES string of the molecule is N#Cc1ccc(OCCOc2ccc(F)cc2)cc1. The van der Waals surface area contributed by atoms with Crippen LogP contribution in [0.3, 0.4) is 0 Å². The van der Waals surface area contributed by atoms with Gasteiger partial charge in [-0.25, -0.2) is 4.39 Å². The molecule has 2 aromatic carbocycles. The zero-order valence-corrected chi connectivity index (χ0v) is 10.2. The summed E-state index contributed by atoms with van der Waals surface area (Å²) in [6, 6.07) is 14.7. The average molecular weight is 257 g/mol. The Morgan fingerprint density at radius 1 is 0.842 bits per heavy atom. The fourth-order valence-electron chi connectivity index (χ4n) is 1.48. The predicted molar refractivity (Wildman–Crippen MR) is 68.5 cm³/mol. The summed E-state index contributed by atoms with van der Waals surface area (Å²) in [7, 11) is 0. The van der Waals surface area contributed by atoms with E-state index in [1.54, 1.807) is 36.4 Å². The highest BCUT2D eigenvalue weighted by Crippen LogP contribution is 2.13. The number of ether oxygens (including phenoxy) is 2. The van der Waals surface area contributed by atoms with E-state index in [4.69, 9.17) is 14.7 Å². The van der Waals surface area contributed by atoms with Gasteiger partial charge in [-0.15, -0.1) is 0 Å². The van der Waals surface area contributed by atoms with Crippen LogP contribution in [-0.2, 0) is 0 Å². The molecule has 0 bridgehead atoms. The molecule has 2 aromatic rings. The molecule has 19 heavy (non-hydrogen) atoms. The summed E-state index contributed by atoms with van der Waals surface area (Å²) in [5.41, 5.74) is 0.593. The van der Waals surface area contributed by atoms with Crippen LogP contribution in [0.15, 0.2) is 48.5 Å². The summed E-state index contributed by atoms with van der Waals surface area (Å²) < 4.78 is 23.5. The Hall–Kier alpha value is -2.54. The van der Waals surface area contributed by atoms with Gasteiger partial charge >= 0.3 is 0 Å². The fraction of sp³-hybridized carbons (Fsp3) is 0.133. The minimum absolute atomic E-state index is 0.291. The second-order valence-electron chi connectivity index (χ2n) is 3.79. The van der Waals surface area contributed by atoms with Gasteiger partial charge in [0, 0.05) is 0 Å². The maximum Gasteiger partial charge on any atom is 0.123 e.